The molecule has 0 saturated carbocycles. The second-order valence-corrected chi connectivity index (χ2v) is 8.78. The molecule has 31 heavy (non-hydrogen) atoms. The van der Waals surface area contributed by atoms with E-state index in [9.17, 15) is 0 Å². The maximum atomic E-state index is 4.52. The molecule has 0 spiro atoms. The lowest BCUT2D eigenvalue weighted by atomic mass is 9.99. The van der Waals surface area contributed by atoms with Gasteiger partial charge in [-0.05, 0) is 69.2 Å². The summed E-state index contributed by atoms with van der Waals surface area (Å²) in [4.78, 5) is 6.90. The molecular formula is C24H39IN6. The lowest BCUT2D eigenvalue weighted by Crippen LogP contribution is -2.42. The zero-order chi connectivity index (χ0) is 21.7. The molecule has 7 heteroatoms. The van der Waals surface area contributed by atoms with Crippen LogP contribution in [0.2, 0.25) is 0 Å². The van der Waals surface area contributed by atoms with Gasteiger partial charge in [-0.1, -0.05) is 19.1 Å². The van der Waals surface area contributed by atoms with Crippen LogP contribution in [0.25, 0.3) is 0 Å². The van der Waals surface area contributed by atoms with Gasteiger partial charge in [0.15, 0.2) is 5.96 Å². The Bertz CT molecular complexity index is 850. The quantitative estimate of drug-likeness (QED) is 0.329. The molecule has 2 heterocycles. The number of rotatable bonds is 6. The molecule has 2 aromatic rings. The van der Waals surface area contributed by atoms with Crippen LogP contribution in [0.4, 0.5) is 5.69 Å². The molecule has 6 nitrogen and oxygen atoms in total. The minimum absolute atomic E-state index is 0. The first-order valence-electron chi connectivity index (χ1n) is 11.2. The number of guanidine groups is 1. The molecule has 1 aliphatic heterocycles. The summed E-state index contributed by atoms with van der Waals surface area (Å²) in [6, 6.07) is 9.21. The van der Waals surface area contributed by atoms with Gasteiger partial charge in [0.05, 0.1) is 5.69 Å². The molecule has 1 aliphatic rings. The lowest BCUT2D eigenvalue weighted by molar-refractivity contribution is 0.438. The molecule has 2 N–H and O–H groups in total. The molecule has 172 valence electrons. The van der Waals surface area contributed by atoms with Crippen LogP contribution in [-0.4, -0.2) is 41.9 Å². The molecule has 0 aliphatic carbocycles. The predicted molar refractivity (Wildman–Crippen MR) is 142 cm³/mol. The van der Waals surface area contributed by atoms with Crippen molar-refractivity contribution in [2.45, 2.75) is 59.5 Å². The number of benzene rings is 1. The molecule has 3 rings (SSSR count). The van der Waals surface area contributed by atoms with E-state index in [1.165, 1.54) is 48.4 Å². The van der Waals surface area contributed by atoms with Gasteiger partial charge in [0.1, 0.15) is 0 Å². The van der Waals surface area contributed by atoms with Crippen molar-refractivity contribution < 1.29 is 0 Å². The highest BCUT2D eigenvalue weighted by Gasteiger charge is 2.16. The fourth-order valence-electron chi connectivity index (χ4n) is 4.18. The Morgan fingerprint density at radius 1 is 1.19 bits per heavy atom. The Balaban J connectivity index is 0.00000341. The standard InChI is InChI=1S/C24H38N6.HI/c1-17-11-13-30(14-12-17)22-9-7-21(8-10-22)16-26-24(25-5)27-18(2)15-23-19(3)28-29(6)20(23)4;/h7-10,17-18H,11-16H2,1-6H3,(H2,25,26,27);1H. The van der Waals surface area contributed by atoms with Crippen LogP contribution in [0.3, 0.4) is 0 Å². The third kappa shape index (κ3) is 6.85. The van der Waals surface area contributed by atoms with Crippen molar-refractivity contribution >= 4 is 35.6 Å². The van der Waals surface area contributed by atoms with Crippen LogP contribution < -0.4 is 15.5 Å². The molecule has 0 bridgehead atoms. The van der Waals surface area contributed by atoms with Crippen LogP contribution in [0.1, 0.15) is 49.2 Å². The van der Waals surface area contributed by atoms with E-state index in [0.29, 0.717) is 0 Å². The highest BCUT2D eigenvalue weighted by Crippen LogP contribution is 2.23. The van der Waals surface area contributed by atoms with Gasteiger partial charge in [-0.2, -0.15) is 5.10 Å². The molecule has 1 aromatic heterocycles. The molecule has 0 amide bonds. The van der Waals surface area contributed by atoms with Crippen molar-refractivity contribution in [3.63, 3.8) is 0 Å². The molecule has 1 atom stereocenters. The predicted octanol–water partition coefficient (Wildman–Crippen LogP) is 4.19. The highest BCUT2D eigenvalue weighted by atomic mass is 127. The van der Waals surface area contributed by atoms with E-state index in [1.807, 2.05) is 18.8 Å². The van der Waals surface area contributed by atoms with Gasteiger partial charge in [-0.3, -0.25) is 9.67 Å². The smallest absolute Gasteiger partial charge is 0.191 e. The Labute approximate surface area is 204 Å². The average molecular weight is 539 g/mol. The van der Waals surface area contributed by atoms with Crippen LogP contribution in [0.15, 0.2) is 29.3 Å². The SMILES string of the molecule is CN=C(NCc1ccc(N2CCC(C)CC2)cc1)NC(C)Cc1c(C)nn(C)c1C.I. The second kappa shape index (κ2) is 11.7. The Morgan fingerprint density at radius 2 is 1.84 bits per heavy atom. The number of hydrogen-bond donors (Lipinski definition) is 2. The van der Waals surface area contributed by atoms with Crippen molar-refractivity contribution in [1.29, 1.82) is 0 Å². The van der Waals surface area contributed by atoms with Crippen molar-refractivity contribution in [3.05, 3.63) is 46.8 Å². The third-order valence-corrected chi connectivity index (χ3v) is 6.32. The van der Waals surface area contributed by atoms with E-state index in [4.69, 9.17) is 0 Å². The number of aryl methyl sites for hydroxylation is 2. The summed E-state index contributed by atoms with van der Waals surface area (Å²) in [7, 11) is 3.82. The van der Waals surface area contributed by atoms with Gasteiger partial charge in [0.2, 0.25) is 0 Å². The summed E-state index contributed by atoms with van der Waals surface area (Å²) in [6.45, 7) is 11.8. The van der Waals surface area contributed by atoms with E-state index in [-0.39, 0.29) is 30.0 Å². The van der Waals surface area contributed by atoms with E-state index in [0.717, 1.165) is 30.5 Å². The normalized spacial score (nSPS) is 16.1. The minimum Gasteiger partial charge on any atom is -0.372 e. The first-order valence-corrected chi connectivity index (χ1v) is 11.2. The van der Waals surface area contributed by atoms with Crippen molar-refractivity contribution in [2.75, 3.05) is 25.0 Å². The third-order valence-electron chi connectivity index (χ3n) is 6.32. The number of hydrogen-bond acceptors (Lipinski definition) is 3. The molecule has 1 saturated heterocycles. The number of piperidine rings is 1. The van der Waals surface area contributed by atoms with Gasteiger partial charge in [-0.25, -0.2) is 0 Å². The number of halogens is 1. The van der Waals surface area contributed by atoms with Crippen LogP contribution >= 0.6 is 24.0 Å². The average Bonchev–Trinajstić information content (AvgIpc) is 2.98. The molecule has 0 radical (unpaired) electrons. The van der Waals surface area contributed by atoms with Crippen LogP contribution in [0, 0.1) is 19.8 Å². The van der Waals surface area contributed by atoms with Crippen molar-refractivity contribution in [3.8, 4) is 0 Å². The number of anilines is 1. The molecule has 1 fully saturated rings. The number of nitrogens with one attached hydrogen (secondary N) is 2. The van der Waals surface area contributed by atoms with E-state index in [2.05, 4.69) is 77.6 Å². The zero-order valence-electron chi connectivity index (χ0n) is 19.9. The first-order chi connectivity index (χ1) is 14.4. The summed E-state index contributed by atoms with van der Waals surface area (Å²) in [5, 5.41) is 11.5. The highest BCUT2D eigenvalue weighted by molar-refractivity contribution is 14.0. The van der Waals surface area contributed by atoms with Crippen LogP contribution in [0.5, 0.6) is 0 Å². The topological polar surface area (TPSA) is 57.5 Å². The Hall–Kier alpha value is -1.77. The Morgan fingerprint density at radius 3 is 2.39 bits per heavy atom. The van der Waals surface area contributed by atoms with Gasteiger partial charge in [0.25, 0.3) is 0 Å². The van der Waals surface area contributed by atoms with Crippen molar-refractivity contribution in [2.24, 2.45) is 18.0 Å². The summed E-state index contributed by atoms with van der Waals surface area (Å²) in [5.74, 6) is 1.69. The number of aromatic nitrogens is 2. The maximum Gasteiger partial charge on any atom is 0.191 e. The fraction of sp³-hybridized carbons (Fsp3) is 0.583. The monoisotopic (exact) mass is 538 g/mol. The van der Waals surface area contributed by atoms with E-state index in [1.54, 1.807) is 0 Å². The van der Waals surface area contributed by atoms with Gasteiger partial charge < -0.3 is 15.5 Å². The molecule has 1 unspecified atom stereocenters. The maximum absolute atomic E-state index is 4.52. The minimum atomic E-state index is 0. The molecular weight excluding hydrogens is 499 g/mol. The summed E-state index contributed by atoms with van der Waals surface area (Å²) in [6.07, 6.45) is 3.51. The second-order valence-electron chi connectivity index (χ2n) is 8.78. The number of aliphatic imine (C=N–C) groups is 1. The van der Waals surface area contributed by atoms with E-state index < -0.39 is 0 Å². The van der Waals surface area contributed by atoms with Gasteiger partial charge in [-0.15, -0.1) is 24.0 Å². The summed E-state index contributed by atoms with van der Waals surface area (Å²) >= 11 is 0. The summed E-state index contributed by atoms with van der Waals surface area (Å²) < 4.78 is 1.96. The largest absolute Gasteiger partial charge is 0.372 e. The van der Waals surface area contributed by atoms with E-state index >= 15 is 0 Å². The summed E-state index contributed by atoms with van der Waals surface area (Å²) in [5.41, 5.74) is 6.25. The number of nitrogens with zero attached hydrogens (tertiary/aromatic N) is 4. The lowest BCUT2D eigenvalue weighted by Gasteiger charge is -2.32. The zero-order valence-corrected chi connectivity index (χ0v) is 22.2. The van der Waals surface area contributed by atoms with Gasteiger partial charge in [0, 0.05) is 51.2 Å². The Kier molecular flexibility index (Phi) is 9.65. The van der Waals surface area contributed by atoms with Gasteiger partial charge >= 0.3 is 0 Å². The molecule has 1 aromatic carbocycles. The van der Waals surface area contributed by atoms with Crippen LogP contribution in [-0.2, 0) is 20.0 Å². The first kappa shape index (κ1) is 25.5. The van der Waals surface area contributed by atoms with Crippen molar-refractivity contribution in [1.82, 2.24) is 20.4 Å². The fourth-order valence-corrected chi connectivity index (χ4v) is 4.18.